The number of ketones is 1. The van der Waals surface area contributed by atoms with E-state index in [2.05, 4.69) is 10.2 Å². The van der Waals surface area contributed by atoms with Crippen LogP contribution in [0.15, 0.2) is 48.7 Å². The zero-order valence-electron chi connectivity index (χ0n) is 12.8. The molecule has 0 bridgehead atoms. The number of ether oxygens (including phenoxy) is 1. The normalized spacial score (nSPS) is 10.5. The van der Waals surface area contributed by atoms with E-state index in [0.29, 0.717) is 28.1 Å². The fraction of sp³-hybridized carbons (Fsp3) is 0.111. The van der Waals surface area contributed by atoms with Crippen molar-refractivity contribution in [2.24, 2.45) is 0 Å². The first-order chi connectivity index (χ1) is 11.1. The van der Waals surface area contributed by atoms with E-state index in [9.17, 15) is 9.90 Å². The first-order valence-electron chi connectivity index (χ1n) is 7.13. The number of nitrogens with zero attached hydrogens (tertiary/aromatic N) is 1. The fourth-order valence-corrected chi connectivity index (χ4v) is 2.48. The lowest BCUT2D eigenvalue weighted by Gasteiger charge is -2.08. The Labute approximate surface area is 133 Å². The predicted molar refractivity (Wildman–Crippen MR) is 86.9 cm³/mol. The molecule has 1 heterocycles. The lowest BCUT2D eigenvalue weighted by atomic mass is 9.97. The van der Waals surface area contributed by atoms with E-state index in [0.717, 1.165) is 5.56 Å². The number of methoxy groups -OCH3 is 1. The maximum atomic E-state index is 12.8. The van der Waals surface area contributed by atoms with Gasteiger partial charge in [0.25, 0.3) is 0 Å². The number of hydrogen-bond acceptors (Lipinski definition) is 4. The van der Waals surface area contributed by atoms with Crippen molar-refractivity contribution in [1.29, 1.82) is 0 Å². The molecule has 0 aliphatic heterocycles. The van der Waals surface area contributed by atoms with Crippen LogP contribution in [0.5, 0.6) is 11.5 Å². The molecule has 3 aromatic rings. The number of aryl methyl sites for hydroxylation is 1. The number of aromatic hydroxyl groups is 1. The third-order valence-electron chi connectivity index (χ3n) is 3.75. The van der Waals surface area contributed by atoms with Crippen LogP contribution in [0.2, 0.25) is 0 Å². The van der Waals surface area contributed by atoms with Gasteiger partial charge >= 0.3 is 0 Å². The maximum absolute atomic E-state index is 12.8. The Morgan fingerprint density at radius 2 is 1.96 bits per heavy atom. The highest BCUT2D eigenvalue weighted by molar-refractivity contribution is 6.13. The molecule has 23 heavy (non-hydrogen) atoms. The largest absolute Gasteiger partial charge is 0.507 e. The molecule has 5 nitrogen and oxygen atoms in total. The number of aromatic amines is 1. The number of nitrogens with one attached hydrogen (secondary N) is 1. The van der Waals surface area contributed by atoms with Crippen molar-refractivity contribution in [2.75, 3.05) is 7.11 Å². The molecule has 5 heteroatoms. The predicted octanol–water partition coefficient (Wildman–Crippen LogP) is 3.33. The van der Waals surface area contributed by atoms with Crippen molar-refractivity contribution in [3.8, 4) is 22.8 Å². The lowest BCUT2D eigenvalue weighted by Crippen LogP contribution is -2.04. The Morgan fingerprint density at radius 1 is 1.17 bits per heavy atom. The quantitative estimate of drug-likeness (QED) is 0.725. The molecule has 0 saturated carbocycles. The SMILES string of the molecule is COc1ccc(O)c(-c2[nH]ncc2C(=O)c2ccccc2C)c1. The van der Waals surface area contributed by atoms with Crippen LogP contribution in [0, 0.1) is 6.92 Å². The molecule has 2 N–H and O–H groups in total. The Bertz CT molecular complexity index is 868. The monoisotopic (exact) mass is 308 g/mol. The Balaban J connectivity index is 2.10. The van der Waals surface area contributed by atoms with Gasteiger partial charge in [-0.1, -0.05) is 24.3 Å². The van der Waals surface area contributed by atoms with Gasteiger partial charge in [-0.05, 0) is 30.7 Å². The van der Waals surface area contributed by atoms with Gasteiger partial charge in [0.1, 0.15) is 11.5 Å². The van der Waals surface area contributed by atoms with Crippen molar-refractivity contribution in [1.82, 2.24) is 10.2 Å². The van der Waals surface area contributed by atoms with Gasteiger partial charge < -0.3 is 9.84 Å². The molecule has 2 aromatic carbocycles. The minimum atomic E-state index is -0.144. The average Bonchev–Trinajstić information content (AvgIpc) is 3.04. The first kappa shape index (κ1) is 14.8. The number of rotatable bonds is 4. The highest BCUT2D eigenvalue weighted by Gasteiger charge is 2.20. The van der Waals surface area contributed by atoms with E-state index in [1.807, 2.05) is 25.1 Å². The first-order valence-corrected chi connectivity index (χ1v) is 7.13. The van der Waals surface area contributed by atoms with Crippen LogP contribution in [-0.2, 0) is 0 Å². The Kier molecular flexibility index (Phi) is 3.85. The second-order valence-corrected chi connectivity index (χ2v) is 5.19. The summed E-state index contributed by atoms with van der Waals surface area (Å²) in [4.78, 5) is 12.8. The number of hydrogen-bond donors (Lipinski definition) is 2. The van der Waals surface area contributed by atoms with Crippen LogP contribution < -0.4 is 4.74 Å². The fourth-order valence-electron chi connectivity index (χ4n) is 2.48. The van der Waals surface area contributed by atoms with Crippen LogP contribution in [0.4, 0.5) is 0 Å². The van der Waals surface area contributed by atoms with Gasteiger partial charge in [-0.3, -0.25) is 9.89 Å². The van der Waals surface area contributed by atoms with Crippen LogP contribution in [0.1, 0.15) is 21.5 Å². The van der Waals surface area contributed by atoms with E-state index >= 15 is 0 Å². The standard InChI is InChI=1S/C18H16N2O3/c1-11-5-3-4-6-13(11)18(22)15-10-19-20-17(15)14-9-12(23-2)7-8-16(14)21/h3-10,21H,1-2H3,(H,19,20). The van der Waals surface area contributed by atoms with Crippen molar-refractivity contribution in [3.05, 3.63) is 65.4 Å². The molecule has 0 radical (unpaired) electrons. The summed E-state index contributed by atoms with van der Waals surface area (Å²) in [5.74, 6) is 0.490. The second kappa shape index (κ2) is 5.96. The van der Waals surface area contributed by atoms with Gasteiger partial charge in [-0.15, -0.1) is 0 Å². The summed E-state index contributed by atoms with van der Waals surface area (Å²) in [6.07, 6.45) is 1.48. The van der Waals surface area contributed by atoms with E-state index in [1.54, 1.807) is 25.3 Å². The summed E-state index contributed by atoms with van der Waals surface area (Å²) < 4.78 is 5.18. The highest BCUT2D eigenvalue weighted by atomic mass is 16.5. The summed E-state index contributed by atoms with van der Waals surface area (Å²) in [6, 6.07) is 12.2. The summed E-state index contributed by atoms with van der Waals surface area (Å²) in [5.41, 5.74) is 2.84. The molecular formula is C18H16N2O3. The minimum Gasteiger partial charge on any atom is -0.507 e. The molecule has 116 valence electrons. The Morgan fingerprint density at radius 3 is 2.70 bits per heavy atom. The topological polar surface area (TPSA) is 75.2 Å². The molecule has 0 unspecified atom stereocenters. The van der Waals surface area contributed by atoms with Crippen LogP contribution in [0.3, 0.4) is 0 Å². The zero-order chi connectivity index (χ0) is 16.4. The van der Waals surface area contributed by atoms with Crippen LogP contribution in [0.25, 0.3) is 11.3 Å². The average molecular weight is 308 g/mol. The number of carbonyl (C=O) groups is 1. The van der Waals surface area contributed by atoms with Crippen molar-refractivity contribution in [2.45, 2.75) is 6.92 Å². The molecule has 3 rings (SSSR count). The number of aromatic nitrogens is 2. The van der Waals surface area contributed by atoms with Crippen LogP contribution in [-0.4, -0.2) is 28.2 Å². The zero-order valence-corrected chi connectivity index (χ0v) is 12.8. The molecule has 0 atom stereocenters. The molecule has 0 aliphatic carbocycles. The summed E-state index contributed by atoms with van der Waals surface area (Å²) in [5, 5.41) is 16.9. The summed E-state index contributed by atoms with van der Waals surface area (Å²) >= 11 is 0. The highest BCUT2D eigenvalue weighted by Crippen LogP contribution is 2.34. The summed E-state index contributed by atoms with van der Waals surface area (Å²) in [7, 11) is 1.54. The molecule has 0 saturated heterocycles. The number of benzene rings is 2. The van der Waals surface area contributed by atoms with Gasteiger partial charge in [-0.2, -0.15) is 5.10 Å². The number of H-pyrrole nitrogens is 1. The van der Waals surface area contributed by atoms with E-state index < -0.39 is 0 Å². The van der Waals surface area contributed by atoms with E-state index in [4.69, 9.17) is 4.74 Å². The number of carbonyl (C=O) groups excluding carboxylic acids is 1. The van der Waals surface area contributed by atoms with Crippen molar-refractivity contribution < 1.29 is 14.6 Å². The van der Waals surface area contributed by atoms with Crippen molar-refractivity contribution >= 4 is 5.78 Å². The number of phenolic OH excluding ortho intramolecular Hbond substituents is 1. The molecular weight excluding hydrogens is 292 g/mol. The van der Waals surface area contributed by atoms with Crippen molar-refractivity contribution in [3.63, 3.8) is 0 Å². The van der Waals surface area contributed by atoms with Gasteiger partial charge in [0.05, 0.1) is 24.6 Å². The lowest BCUT2D eigenvalue weighted by molar-refractivity contribution is 0.103. The Hall–Kier alpha value is -3.08. The molecule has 1 aromatic heterocycles. The number of phenols is 1. The molecule has 0 aliphatic rings. The van der Waals surface area contributed by atoms with Gasteiger partial charge in [0, 0.05) is 11.1 Å². The molecule has 0 amide bonds. The van der Waals surface area contributed by atoms with E-state index in [-0.39, 0.29) is 11.5 Å². The smallest absolute Gasteiger partial charge is 0.197 e. The second-order valence-electron chi connectivity index (χ2n) is 5.19. The third-order valence-corrected chi connectivity index (χ3v) is 3.75. The van der Waals surface area contributed by atoms with Gasteiger partial charge in [0.15, 0.2) is 5.78 Å². The molecule has 0 fully saturated rings. The summed E-state index contributed by atoms with van der Waals surface area (Å²) in [6.45, 7) is 1.88. The van der Waals surface area contributed by atoms with Gasteiger partial charge in [0.2, 0.25) is 0 Å². The third kappa shape index (κ3) is 2.68. The van der Waals surface area contributed by atoms with Gasteiger partial charge in [-0.25, -0.2) is 0 Å². The minimum absolute atomic E-state index is 0.0499. The maximum Gasteiger partial charge on any atom is 0.197 e. The molecule has 0 spiro atoms. The van der Waals surface area contributed by atoms with E-state index in [1.165, 1.54) is 12.3 Å². The van der Waals surface area contributed by atoms with Crippen LogP contribution >= 0.6 is 0 Å².